The smallest absolute Gasteiger partial charge is 0.255 e. The van der Waals surface area contributed by atoms with E-state index < -0.39 is 11.3 Å². The van der Waals surface area contributed by atoms with Crippen molar-refractivity contribution in [3.05, 3.63) is 40.2 Å². The van der Waals surface area contributed by atoms with Gasteiger partial charge in [0.2, 0.25) is 5.43 Å². The first kappa shape index (κ1) is 10.2. The Labute approximate surface area is 90.4 Å². The molecule has 0 unspecified atom stereocenters. The third-order valence-electron chi connectivity index (χ3n) is 2.25. The van der Waals surface area contributed by atoms with Gasteiger partial charge in [-0.25, -0.2) is 0 Å². The number of hydrogen-bond donors (Lipinski definition) is 1. The molecule has 2 aromatic rings. The lowest BCUT2D eigenvalue weighted by atomic mass is 10.1. The molecule has 1 amide bonds. The number of carbonyl (C=O) groups excluding carboxylic acids is 1. The molecule has 0 fully saturated rings. The van der Waals surface area contributed by atoms with E-state index in [9.17, 15) is 9.59 Å². The van der Waals surface area contributed by atoms with Gasteiger partial charge in [-0.2, -0.15) is 0 Å². The summed E-state index contributed by atoms with van der Waals surface area (Å²) in [5.41, 5.74) is 4.73. The summed E-state index contributed by atoms with van der Waals surface area (Å²) in [6.07, 6.45) is 1.05. The summed E-state index contributed by atoms with van der Waals surface area (Å²) in [6, 6.07) is 4.86. The third-order valence-corrected chi connectivity index (χ3v) is 2.25. The van der Waals surface area contributed by atoms with Crippen LogP contribution in [0.1, 0.15) is 10.4 Å². The Balaban J connectivity index is 2.87. The molecule has 5 heteroatoms. The highest BCUT2D eigenvalue weighted by atomic mass is 16.5. The molecule has 82 valence electrons. The number of benzene rings is 1. The summed E-state index contributed by atoms with van der Waals surface area (Å²) in [5, 5.41) is 0.274. The van der Waals surface area contributed by atoms with E-state index in [0.717, 1.165) is 6.26 Å². The number of carbonyl (C=O) groups is 1. The molecule has 0 saturated carbocycles. The lowest BCUT2D eigenvalue weighted by Crippen LogP contribution is -2.21. The lowest BCUT2D eigenvalue weighted by Gasteiger charge is -2.03. The topological polar surface area (TPSA) is 82.5 Å². The van der Waals surface area contributed by atoms with Gasteiger partial charge in [0.05, 0.1) is 12.5 Å². The van der Waals surface area contributed by atoms with Crippen LogP contribution in [0.5, 0.6) is 5.75 Å². The Hall–Kier alpha value is -2.30. The van der Waals surface area contributed by atoms with Gasteiger partial charge in [0.25, 0.3) is 5.91 Å². The van der Waals surface area contributed by atoms with Crippen LogP contribution in [0.4, 0.5) is 0 Å². The van der Waals surface area contributed by atoms with E-state index >= 15 is 0 Å². The zero-order valence-corrected chi connectivity index (χ0v) is 8.52. The molecule has 0 bridgehead atoms. The first-order valence-electron chi connectivity index (χ1n) is 4.53. The summed E-state index contributed by atoms with van der Waals surface area (Å²) in [5.74, 6) is -0.371. The summed E-state index contributed by atoms with van der Waals surface area (Å²) >= 11 is 0. The summed E-state index contributed by atoms with van der Waals surface area (Å²) < 4.78 is 10.2. The zero-order chi connectivity index (χ0) is 11.7. The van der Waals surface area contributed by atoms with Gasteiger partial charge < -0.3 is 14.9 Å². The Morgan fingerprint density at radius 2 is 2.19 bits per heavy atom. The first-order chi connectivity index (χ1) is 7.65. The summed E-state index contributed by atoms with van der Waals surface area (Å²) in [4.78, 5) is 22.8. The predicted octanol–water partition coefficient (Wildman–Crippen LogP) is 0.900. The maximum atomic E-state index is 11.8. The van der Waals surface area contributed by atoms with Crippen molar-refractivity contribution in [2.24, 2.45) is 5.73 Å². The van der Waals surface area contributed by atoms with Crippen molar-refractivity contribution in [3.8, 4) is 5.75 Å². The first-order valence-corrected chi connectivity index (χ1v) is 4.53. The van der Waals surface area contributed by atoms with Gasteiger partial charge in [-0.05, 0) is 12.1 Å². The average Bonchev–Trinajstić information content (AvgIpc) is 2.28. The van der Waals surface area contributed by atoms with Crippen molar-refractivity contribution in [3.63, 3.8) is 0 Å². The van der Waals surface area contributed by atoms with Crippen LogP contribution < -0.4 is 15.9 Å². The molecule has 0 aliphatic rings. The minimum absolute atomic E-state index is 0.166. The van der Waals surface area contributed by atoms with Gasteiger partial charge in [0.1, 0.15) is 11.8 Å². The molecule has 16 heavy (non-hydrogen) atoms. The largest absolute Gasteiger partial charge is 0.493 e. The second-order valence-electron chi connectivity index (χ2n) is 3.18. The quantitative estimate of drug-likeness (QED) is 0.813. The van der Waals surface area contributed by atoms with Crippen molar-refractivity contribution in [1.82, 2.24) is 0 Å². The molecular formula is C11H9NO4. The predicted molar refractivity (Wildman–Crippen MR) is 57.6 cm³/mol. The number of methoxy groups -OCH3 is 1. The van der Waals surface area contributed by atoms with E-state index in [1.54, 1.807) is 18.2 Å². The minimum atomic E-state index is -0.807. The number of primary amides is 1. The molecule has 1 aromatic heterocycles. The monoisotopic (exact) mass is 219 g/mol. The van der Waals surface area contributed by atoms with Crippen LogP contribution in [0.15, 0.2) is 33.7 Å². The number of nitrogens with two attached hydrogens (primary N) is 1. The molecule has 0 atom stereocenters. The van der Waals surface area contributed by atoms with Crippen molar-refractivity contribution in [1.29, 1.82) is 0 Å². The Kier molecular flexibility index (Phi) is 2.36. The van der Waals surface area contributed by atoms with E-state index in [4.69, 9.17) is 14.9 Å². The minimum Gasteiger partial charge on any atom is -0.493 e. The van der Waals surface area contributed by atoms with Crippen LogP contribution in [0.2, 0.25) is 0 Å². The summed E-state index contributed by atoms with van der Waals surface area (Å²) in [6.45, 7) is 0. The van der Waals surface area contributed by atoms with Gasteiger partial charge in [0, 0.05) is 0 Å². The van der Waals surface area contributed by atoms with E-state index in [1.807, 2.05) is 0 Å². The Morgan fingerprint density at radius 3 is 2.81 bits per heavy atom. The SMILES string of the molecule is COc1cccc2c(=O)c(C(N)=O)coc12. The maximum absolute atomic E-state index is 11.8. The van der Waals surface area contributed by atoms with Gasteiger partial charge in [-0.3, -0.25) is 9.59 Å². The second kappa shape index (κ2) is 3.69. The van der Waals surface area contributed by atoms with Crippen LogP contribution in [0.3, 0.4) is 0 Å². The fourth-order valence-electron chi connectivity index (χ4n) is 1.46. The van der Waals surface area contributed by atoms with Crippen LogP contribution >= 0.6 is 0 Å². The number of para-hydroxylation sites is 1. The third kappa shape index (κ3) is 1.42. The van der Waals surface area contributed by atoms with E-state index in [0.29, 0.717) is 11.3 Å². The molecule has 1 heterocycles. The number of hydrogen-bond acceptors (Lipinski definition) is 4. The number of amides is 1. The molecule has 0 aliphatic carbocycles. The lowest BCUT2D eigenvalue weighted by molar-refractivity contribution is 0.0997. The number of fused-ring (bicyclic) bond motifs is 1. The molecular weight excluding hydrogens is 210 g/mol. The molecule has 0 spiro atoms. The van der Waals surface area contributed by atoms with Gasteiger partial charge in [-0.15, -0.1) is 0 Å². The Morgan fingerprint density at radius 1 is 1.44 bits per heavy atom. The highest BCUT2D eigenvalue weighted by Gasteiger charge is 2.13. The highest BCUT2D eigenvalue weighted by Crippen LogP contribution is 2.23. The van der Waals surface area contributed by atoms with Gasteiger partial charge in [0.15, 0.2) is 11.3 Å². The standard InChI is InChI=1S/C11H9NO4/c1-15-8-4-2-3-6-9(13)7(11(12)14)5-16-10(6)8/h2-5H,1H3,(H2,12,14). The molecule has 0 radical (unpaired) electrons. The molecule has 2 N–H and O–H groups in total. The zero-order valence-electron chi connectivity index (χ0n) is 8.52. The van der Waals surface area contributed by atoms with Gasteiger partial charge >= 0.3 is 0 Å². The summed E-state index contributed by atoms with van der Waals surface area (Å²) in [7, 11) is 1.47. The van der Waals surface area contributed by atoms with Crippen molar-refractivity contribution < 1.29 is 13.9 Å². The molecule has 1 aromatic carbocycles. The average molecular weight is 219 g/mol. The van der Waals surface area contributed by atoms with Crippen LogP contribution in [0, 0.1) is 0 Å². The van der Waals surface area contributed by atoms with E-state index in [1.165, 1.54) is 7.11 Å². The molecule has 2 rings (SSSR count). The highest BCUT2D eigenvalue weighted by molar-refractivity contribution is 5.96. The fourth-order valence-corrected chi connectivity index (χ4v) is 1.46. The van der Waals surface area contributed by atoms with Crippen LogP contribution in [-0.4, -0.2) is 13.0 Å². The van der Waals surface area contributed by atoms with E-state index in [2.05, 4.69) is 0 Å². The number of ether oxygens (including phenoxy) is 1. The molecule has 0 saturated heterocycles. The fraction of sp³-hybridized carbons (Fsp3) is 0.0909. The Bertz CT molecular complexity index is 615. The number of rotatable bonds is 2. The molecule has 5 nitrogen and oxygen atoms in total. The van der Waals surface area contributed by atoms with E-state index in [-0.39, 0.29) is 10.9 Å². The van der Waals surface area contributed by atoms with Crippen LogP contribution in [-0.2, 0) is 0 Å². The van der Waals surface area contributed by atoms with Crippen LogP contribution in [0.25, 0.3) is 11.0 Å². The maximum Gasteiger partial charge on any atom is 0.255 e. The second-order valence-corrected chi connectivity index (χ2v) is 3.18. The normalized spacial score (nSPS) is 10.3. The van der Waals surface area contributed by atoms with Crippen molar-refractivity contribution >= 4 is 16.9 Å². The molecule has 0 aliphatic heterocycles. The van der Waals surface area contributed by atoms with Gasteiger partial charge in [-0.1, -0.05) is 6.07 Å². The van der Waals surface area contributed by atoms with Crippen molar-refractivity contribution in [2.45, 2.75) is 0 Å². The van der Waals surface area contributed by atoms with Crippen molar-refractivity contribution in [2.75, 3.05) is 7.11 Å².